The largest absolute Gasteiger partial charge is 0.417 e. The molecule has 1 unspecified atom stereocenters. The quantitative estimate of drug-likeness (QED) is 0.176. The third-order valence-corrected chi connectivity index (χ3v) is 5.98. The summed E-state index contributed by atoms with van der Waals surface area (Å²) in [7, 11) is 1.41. The van der Waals surface area contributed by atoms with Crippen molar-refractivity contribution in [1.29, 1.82) is 0 Å². The second-order valence-corrected chi connectivity index (χ2v) is 8.58. The number of carbonyl (C=O) groups excluding carboxylic acids is 1. The number of aliphatic imine (C=N–C) groups is 1. The van der Waals surface area contributed by atoms with E-state index in [0.29, 0.717) is 27.7 Å². The molecule has 1 amide bonds. The molecule has 4 aromatic rings. The number of hydrogen-bond donors (Lipinski definition) is 4. The molecule has 0 saturated heterocycles. The van der Waals surface area contributed by atoms with Gasteiger partial charge in [0.15, 0.2) is 0 Å². The zero-order valence-corrected chi connectivity index (χ0v) is 20.4. The number of aromatic nitrogens is 1. The molecule has 1 heterocycles. The number of benzene rings is 3. The fourth-order valence-electron chi connectivity index (χ4n) is 4.07. The summed E-state index contributed by atoms with van der Waals surface area (Å²) in [5.74, 6) is -2.34. The number of aliphatic hydroxyl groups is 1. The molecule has 0 fully saturated rings. The Bertz CT molecular complexity index is 1550. The van der Waals surface area contributed by atoms with Crippen LogP contribution in [0.4, 0.5) is 23.2 Å². The first-order valence-electron chi connectivity index (χ1n) is 11.5. The molecule has 5 N–H and O–H groups in total. The predicted octanol–water partition coefficient (Wildman–Crippen LogP) is 6.30. The molecule has 0 spiro atoms. The van der Waals surface area contributed by atoms with Gasteiger partial charge >= 0.3 is 6.18 Å². The highest BCUT2D eigenvalue weighted by molar-refractivity contribution is 6.13. The van der Waals surface area contributed by atoms with Gasteiger partial charge in [-0.2, -0.15) is 13.2 Å². The third-order valence-electron chi connectivity index (χ3n) is 5.98. The van der Waals surface area contributed by atoms with Crippen LogP contribution in [0, 0.1) is 5.82 Å². The van der Waals surface area contributed by atoms with Crippen molar-refractivity contribution in [3.05, 3.63) is 94.8 Å². The fraction of sp³-hybridized carbons (Fsp3) is 0.143. The summed E-state index contributed by atoms with van der Waals surface area (Å²) in [4.78, 5) is 20.2. The average molecular weight is 525 g/mol. The van der Waals surface area contributed by atoms with E-state index in [4.69, 9.17) is 5.73 Å². The molecule has 6 nitrogen and oxygen atoms in total. The number of aliphatic hydroxyl groups excluding tert-OH is 1. The number of allylic oxidation sites excluding steroid dienone is 1. The number of fused-ring (bicyclic) bond motifs is 1. The van der Waals surface area contributed by atoms with Crippen LogP contribution in [-0.4, -0.2) is 29.3 Å². The molecule has 0 bridgehead atoms. The van der Waals surface area contributed by atoms with Gasteiger partial charge < -0.3 is 21.1 Å². The molecular weight excluding hydrogens is 500 g/mol. The molecule has 0 aliphatic heterocycles. The maximum absolute atomic E-state index is 15.0. The number of H-pyrrole nitrogens is 1. The predicted molar refractivity (Wildman–Crippen MR) is 140 cm³/mol. The summed E-state index contributed by atoms with van der Waals surface area (Å²) in [6.45, 7) is 1.59. The minimum absolute atomic E-state index is 0.257. The first kappa shape index (κ1) is 26.6. The molecule has 0 aliphatic rings. The van der Waals surface area contributed by atoms with Crippen LogP contribution in [0.1, 0.15) is 40.1 Å². The molecule has 0 radical (unpaired) electrons. The van der Waals surface area contributed by atoms with Crippen LogP contribution >= 0.6 is 0 Å². The molecule has 38 heavy (non-hydrogen) atoms. The summed E-state index contributed by atoms with van der Waals surface area (Å²) in [6.07, 6.45) is -3.39. The number of nitrogens with two attached hydrogens (primary N) is 1. The summed E-state index contributed by atoms with van der Waals surface area (Å²) < 4.78 is 56.0. The van der Waals surface area contributed by atoms with Crippen molar-refractivity contribution in [2.24, 2.45) is 10.7 Å². The zero-order valence-electron chi connectivity index (χ0n) is 20.4. The summed E-state index contributed by atoms with van der Waals surface area (Å²) in [5, 5.41) is 13.3. The fourth-order valence-corrected chi connectivity index (χ4v) is 4.07. The van der Waals surface area contributed by atoms with Gasteiger partial charge in [-0.1, -0.05) is 36.4 Å². The Morgan fingerprint density at radius 3 is 2.45 bits per heavy atom. The minimum atomic E-state index is -4.91. The number of nitrogens with one attached hydrogen (secondary N) is 2. The number of halogens is 4. The van der Waals surface area contributed by atoms with E-state index >= 15 is 0 Å². The van der Waals surface area contributed by atoms with Crippen molar-refractivity contribution < 1.29 is 27.5 Å². The Hall–Kier alpha value is -4.44. The van der Waals surface area contributed by atoms with Crippen LogP contribution in [-0.2, 0) is 6.18 Å². The van der Waals surface area contributed by atoms with Crippen LogP contribution < -0.4 is 11.1 Å². The van der Waals surface area contributed by atoms with E-state index in [1.54, 1.807) is 49.4 Å². The minimum Gasteiger partial charge on any atom is -0.398 e. The number of anilines is 1. The maximum Gasteiger partial charge on any atom is 0.417 e. The highest BCUT2D eigenvalue weighted by atomic mass is 19.4. The van der Waals surface area contributed by atoms with Gasteiger partial charge in [-0.3, -0.25) is 9.79 Å². The van der Waals surface area contributed by atoms with E-state index < -0.39 is 40.7 Å². The Labute approximate surface area is 215 Å². The lowest BCUT2D eigenvalue weighted by Crippen LogP contribution is -2.18. The molecule has 196 valence electrons. The van der Waals surface area contributed by atoms with Crippen molar-refractivity contribution >= 4 is 34.4 Å². The van der Waals surface area contributed by atoms with Gasteiger partial charge in [-0.15, -0.1) is 0 Å². The standard InChI is InChI=1S/C28H24F4N4O2/c1-15(37)17-8-9-24-20(12-17)26(25(35-24)16-6-4-3-5-7-16)36-27(38)19-13-18(23(33)10-11-34-2)21(14-22(19)29)28(30,31)32/h3-15,35,37H,33H2,1-2H3,(H,36,38). The smallest absolute Gasteiger partial charge is 0.398 e. The lowest BCUT2D eigenvalue weighted by Gasteiger charge is -2.16. The molecule has 10 heteroatoms. The molecular formula is C28H24F4N4O2. The van der Waals surface area contributed by atoms with Gasteiger partial charge in [0.05, 0.1) is 28.6 Å². The van der Waals surface area contributed by atoms with Crippen molar-refractivity contribution in [2.45, 2.75) is 19.2 Å². The molecule has 0 aliphatic carbocycles. The third kappa shape index (κ3) is 5.30. The molecule has 0 saturated carbocycles. The van der Waals surface area contributed by atoms with Gasteiger partial charge in [0.2, 0.25) is 0 Å². The number of hydrogen-bond acceptors (Lipinski definition) is 4. The van der Waals surface area contributed by atoms with Gasteiger partial charge in [0.25, 0.3) is 5.91 Å². The van der Waals surface area contributed by atoms with Crippen LogP contribution in [0.15, 0.2) is 71.7 Å². The Morgan fingerprint density at radius 2 is 1.82 bits per heavy atom. The Morgan fingerprint density at radius 1 is 1.11 bits per heavy atom. The first-order chi connectivity index (χ1) is 18.0. The number of aromatic amines is 1. The van der Waals surface area contributed by atoms with E-state index in [2.05, 4.69) is 15.3 Å². The topological polar surface area (TPSA) is 103 Å². The van der Waals surface area contributed by atoms with E-state index in [0.717, 1.165) is 12.1 Å². The van der Waals surface area contributed by atoms with E-state index in [9.17, 15) is 27.5 Å². The molecule has 1 atom stereocenters. The molecule has 4 rings (SSSR count). The van der Waals surface area contributed by atoms with E-state index in [1.807, 2.05) is 6.07 Å². The van der Waals surface area contributed by atoms with Gasteiger partial charge in [-0.05, 0) is 42.8 Å². The zero-order chi connectivity index (χ0) is 27.6. The lowest BCUT2D eigenvalue weighted by atomic mass is 9.99. The average Bonchev–Trinajstić information content (AvgIpc) is 3.24. The monoisotopic (exact) mass is 524 g/mol. The van der Waals surface area contributed by atoms with Crippen LogP contribution in [0.2, 0.25) is 0 Å². The number of alkyl halides is 3. The molecule has 1 aromatic heterocycles. The number of amides is 1. The number of nitrogens with zero attached hydrogens (tertiary/aromatic N) is 1. The van der Waals surface area contributed by atoms with Crippen LogP contribution in [0.3, 0.4) is 0 Å². The van der Waals surface area contributed by atoms with E-state index in [1.165, 1.54) is 13.3 Å². The van der Waals surface area contributed by atoms with Gasteiger partial charge in [0, 0.05) is 41.0 Å². The van der Waals surface area contributed by atoms with Crippen molar-refractivity contribution in [3.8, 4) is 11.3 Å². The highest BCUT2D eigenvalue weighted by Gasteiger charge is 2.36. The van der Waals surface area contributed by atoms with E-state index in [-0.39, 0.29) is 17.5 Å². The highest BCUT2D eigenvalue weighted by Crippen LogP contribution is 2.38. The SMILES string of the molecule is CN=CC=C(N)c1cc(C(=O)Nc2c(-c3ccccc3)[nH]c3ccc(C(C)O)cc23)c(F)cc1C(F)(F)F. The van der Waals surface area contributed by atoms with Crippen molar-refractivity contribution in [2.75, 3.05) is 12.4 Å². The second kappa shape index (κ2) is 10.5. The van der Waals surface area contributed by atoms with Crippen molar-refractivity contribution in [1.82, 2.24) is 4.98 Å². The number of rotatable bonds is 6. The normalized spacial score (nSPS) is 13.3. The van der Waals surface area contributed by atoms with Gasteiger partial charge in [0.1, 0.15) is 5.82 Å². The molecule has 3 aromatic carbocycles. The summed E-state index contributed by atoms with van der Waals surface area (Å²) >= 11 is 0. The Balaban J connectivity index is 1.87. The maximum atomic E-state index is 15.0. The van der Waals surface area contributed by atoms with Crippen molar-refractivity contribution in [3.63, 3.8) is 0 Å². The van der Waals surface area contributed by atoms with Crippen LogP contribution in [0.5, 0.6) is 0 Å². The van der Waals surface area contributed by atoms with Gasteiger partial charge in [-0.25, -0.2) is 4.39 Å². The summed E-state index contributed by atoms with van der Waals surface area (Å²) in [6, 6.07) is 15.2. The summed E-state index contributed by atoms with van der Waals surface area (Å²) in [5.41, 5.74) is 5.70. The first-order valence-corrected chi connectivity index (χ1v) is 11.5. The Kier molecular flexibility index (Phi) is 7.36. The van der Waals surface area contributed by atoms with Crippen LogP contribution in [0.25, 0.3) is 27.9 Å². The second-order valence-electron chi connectivity index (χ2n) is 8.58. The lowest BCUT2D eigenvalue weighted by molar-refractivity contribution is -0.138. The number of carbonyl (C=O) groups is 1.